The van der Waals surface area contributed by atoms with Crippen molar-refractivity contribution in [2.24, 2.45) is 0 Å². The smallest absolute Gasteiger partial charge is 0.546 e. The molecule has 76 valence electrons. The Morgan fingerprint density at radius 2 is 2.00 bits per heavy atom. The Hall–Kier alpha value is 0.406. The molecule has 0 aliphatic heterocycles. The van der Waals surface area contributed by atoms with Crippen LogP contribution in [-0.4, -0.2) is 19.4 Å². The summed E-state index contributed by atoms with van der Waals surface area (Å²) in [6, 6.07) is 7.27. The van der Waals surface area contributed by atoms with Crippen LogP contribution >= 0.6 is 15.9 Å². The second-order valence-corrected chi connectivity index (χ2v) is 3.23. The first-order valence-electron chi connectivity index (χ1n) is 3.91. The summed E-state index contributed by atoms with van der Waals surface area (Å²) in [7, 11) is 0. The quantitative estimate of drug-likeness (QED) is 0.374. The number of carboxylic acid groups (broad SMARTS) is 1. The molecule has 1 aromatic rings. The minimum Gasteiger partial charge on any atom is -0.546 e. The SMILES string of the molecule is O=C([O-])OCCOc1ccccc1Br.[K+]. The van der Waals surface area contributed by atoms with Crippen LogP contribution in [0.5, 0.6) is 5.75 Å². The number of para-hydroxylation sites is 1. The van der Waals surface area contributed by atoms with Crippen LogP contribution in [0, 0.1) is 0 Å². The number of ether oxygens (including phenoxy) is 2. The van der Waals surface area contributed by atoms with Crippen LogP contribution in [-0.2, 0) is 4.74 Å². The summed E-state index contributed by atoms with van der Waals surface area (Å²) >= 11 is 3.28. The van der Waals surface area contributed by atoms with Gasteiger partial charge in [-0.15, -0.1) is 0 Å². The van der Waals surface area contributed by atoms with Crippen molar-refractivity contribution in [3.8, 4) is 5.75 Å². The second-order valence-electron chi connectivity index (χ2n) is 2.38. The van der Waals surface area contributed by atoms with E-state index in [9.17, 15) is 9.90 Å². The molecule has 0 atom stereocenters. The van der Waals surface area contributed by atoms with Crippen molar-refractivity contribution in [2.45, 2.75) is 0 Å². The van der Waals surface area contributed by atoms with Crippen molar-refractivity contribution in [1.29, 1.82) is 0 Å². The van der Waals surface area contributed by atoms with Crippen LogP contribution in [0.25, 0.3) is 0 Å². The van der Waals surface area contributed by atoms with Gasteiger partial charge < -0.3 is 19.4 Å². The number of hydrogen-bond acceptors (Lipinski definition) is 4. The molecular weight excluding hydrogens is 291 g/mol. The maximum atomic E-state index is 9.88. The molecule has 0 bridgehead atoms. The van der Waals surface area contributed by atoms with Crippen molar-refractivity contribution in [1.82, 2.24) is 0 Å². The monoisotopic (exact) mass is 298 g/mol. The van der Waals surface area contributed by atoms with Gasteiger partial charge in [0.1, 0.15) is 12.4 Å². The molecule has 0 heterocycles. The van der Waals surface area contributed by atoms with Gasteiger partial charge >= 0.3 is 51.4 Å². The number of carbonyl (C=O) groups is 1. The number of hydrogen-bond donors (Lipinski definition) is 0. The van der Waals surface area contributed by atoms with Gasteiger partial charge in [0.05, 0.1) is 11.1 Å². The van der Waals surface area contributed by atoms with Gasteiger partial charge in [0.25, 0.3) is 6.16 Å². The fraction of sp³-hybridized carbons (Fsp3) is 0.222. The third-order valence-corrected chi connectivity index (χ3v) is 2.05. The molecule has 6 heteroatoms. The summed E-state index contributed by atoms with van der Waals surface area (Å²) < 4.78 is 10.2. The molecule has 15 heavy (non-hydrogen) atoms. The number of rotatable bonds is 4. The average Bonchev–Trinajstić information content (AvgIpc) is 2.15. The fourth-order valence-electron chi connectivity index (χ4n) is 0.838. The molecule has 0 fully saturated rings. The zero-order valence-electron chi connectivity index (χ0n) is 8.23. The van der Waals surface area contributed by atoms with E-state index in [1.54, 1.807) is 6.07 Å². The van der Waals surface area contributed by atoms with Gasteiger partial charge in [0.15, 0.2) is 0 Å². The second kappa shape index (κ2) is 8.55. The van der Waals surface area contributed by atoms with Crippen LogP contribution < -0.4 is 61.2 Å². The minimum atomic E-state index is -1.54. The van der Waals surface area contributed by atoms with Crippen molar-refractivity contribution < 1.29 is 70.8 Å². The Kier molecular flexibility index (Phi) is 8.78. The van der Waals surface area contributed by atoms with E-state index in [0.717, 1.165) is 4.47 Å². The molecule has 0 unspecified atom stereocenters. The molecule has 0 saturated heterocycles. The van der Waals surface area contributed by atoms with Crippen LogP contribution in [0.4, 0.5) is 4.79 Å². The topological polar surface area (TPSA) is 58.6 Å². The van der Waals surface area contributed by atoms with E-state index in [-0.39, 0.29) is 64.6 Å². The van der Waals surface area contributed by atoms with E-state index in [0.29, 0.717) is 5.75 Å². The predicted octanol–water partition coefficient (Wildman–Crippen LogP) is -1.81. The van der Waals surface area contributed by atoms with E-state index >= 15 is 0 Å². The third kappa shape index (κ3) is 6.54. The number of halogens is 1. The van der Waals surface area contributed by atoms with E-state index in [1.807, 2.05) is 18.2 Å². The zero-order chi connectivity index (χ0) is 10.4. The van der Waals surface area contributed by atoms with Crippen molar-refractivity contribution >= 4 is 22.1 Å². The molecule has 0 amide bonds. The molecule has 0 spiro atoms. The van der Waals surface area contributed by atoms with E-state index in [1.165, 1.54) is 0 Å². The first-order chi connectivity index (χ1) is 6.70. The van der Waals surface area contributed by atoms with E-state index in [2.05, 4.69) is 20.7 Å². The van der Waals surface area contributed by atoms with Gasteiger partial charge in [-0.1, -0.05) is 12.1 Å². The van der Waals surface area contributed by atoms with Gasteiger partial charge in [-0.05, 0) is 28.1 Å². The normalized spacial score (nSPS) is 8.87. The Bertz CT molecular complexity index is 319. The van der Waals surface area contributed by atoms with Crippen molar-refractivity contribution in [2.75, 3.05) is 13.2 Å². The van der Waals surface area contributed by atoms with Gasteiger partial charge in [0.2, 0.25) is 0 Å². The third-order valence-electron chi connectivity index (χ3n) is 1.40. The molecule has 0 aliphatic carbocycles. The molecule has 0 radical (unpaired) electrons. The zero-order valence-corrected chi connectivity index (χ0v) is 12.9. The van der Waals surface area contributed by atoms with Gasteiger partial charge in [0, 0.05) is 0 Å². The van der Waals surface area contributed by atoms with Crippen molar-refractivity contribution in [3.63, 3.8) is 0 Å². The minimum absolute atomic E-state index is 0. The Labute approximate surface area is 138 Å². The van der Waals surface area contributed by atoms with Crippen LogP contribution in [0.3, 0.4) is 0 Å². The molecule has 0 saturated carbocycles. The summed E-state index contributed by atoms with van der Waals surface area (Å²) in [5.41, 5.74) is 0. The van der Waals surface area contributed by atoms with Crippen LogP contribution in [0.2, 0.25) is 0 Å². The fourth-order valence-corrected chi connectivity index (χ4v) is 1.24. The predicted molar refractivity (Wildman–Crippen MR) is 51.0 cm³/mol. The molecule has 0 aliphatic rings. The Morgan fingerprint density at radius 3 is 2.60 bits per heavy atom. The number of carbonyl (C=O) groups excluding carboxylic acids is 1. The largest absolute Gasteiger partial charge is 1.00 e. The summed E-state index contributed by atoms with van der Waals surface area (Å²) in [5.74, 6) is 0.648. The molecule has 1 rings (SSSR count). The molecule has 4 nitrogen and oxygen atoms in total. The van der Waals surface area contributed by atoms with Gasteiger partial charge in [-0.2, -0.15) is 0 Å². The maximum Gasteiger partial charge on any atom is 1.00 e. The number of benzene rings is 1. The summed E-state index contributed by atoms with van der Waals surface area (Å²) in [6.07, 6.45) is -1.54. The Balaban J connectivity index is 0.00000196. The molecule has 1 aromatic carbocycles. The Morgan fingerprint density at radius 1 is 1.33 bits per heavy atom. The summed E-state index contributed by atoms with van der Waals surface area (Å²) in [6.45, 7) is 0.125. The van der Waals surface area contributed by atoms with E-state index < -0.39 is 6.16 Å². The van der Waals surface area contributed by atoms with Crippen LogP contribution in [0.1, 0.15) is 0 Å². The first-order valence-corrected chi connectivity index (χ1v) is 4.70. The first kappa shape index (κ1) is 15.4. The summed E-state index contributed by atoms with van der Waals surface area (Å²) in [4.78, 5) is 9.88. The molecule has 0 aromatic heterocycles. The molecular formula is C9H8BrKO4. The van der Waals surface area contributed by atoms with Crippen molar-refractivity contribution in [3.05, 3.63) is 28.7 Å². The standard InChI is InChI=1S/C9H9BrO4.K/c10-7-3-1-2-4-8(7)13-5-6-14-9(11)12;/h1-4H,5-6H2,(H,11,12);/q;+1/p-1. The van der Waals surface area contributed by atoms with E-state index in [4.69, 9.17) is 4.74 Å². The van der Waals surface area contributed by atoms with Gasteiger partial charge in [-0.25, -0.2) is 0 Å². The summed E-state index contributed by atoms with van der Waals surface area (Å²) in [5, 5.41) is 9.88. The average molecular weight is 299 g/mol. The van der Waals surface area contributed by atoms with Crippen LogP contribution in [0.15, 0.2) is 28.7 Å². The molecule has 0 N–H and O–H groups in total. The van der Waals surface area contributed by atoms with Gasteiger partial charge in [-0.3, -0.25) is 0 Å². The maximum absolute atomic E-state index is 9.88.